The summed E-state index contributed by atoms with van der Waals surface area (Å²) in [7, 11) is 0. The maximum Gasteiger partial charge on any atom is 0.250 e. The first-order valence-electron chi connectivity index (χ1n) is 6.49. The van der Waals surface area contributed by atoms with Crippen LogP contribution >= 0.6 is 0 Å². The first-order valence-corrected chi connectivity index (χ1v) is 6.49. The molecule has 0 radical (unpaired) electrons. The van der Waals surface area contributed by atoms with Crippen LogP contribution in [0.25, 0.3) is 0 Å². The Bertz CT molecular complexity index is 321. The van der Waals surface area contributed by atoms with Crippen LogP contribution in [-0.2, 0) is 9.59 Å². The molecule has 0 unspecified atom stereocenters. The highest BCUT2D eigenvalue weighted by atomic mass is 16.2. The molecule has 17 heavy (non-hydrogen) atoms. The van der Waals surface area contributed by atoms with Gasteiger partial charge in [-0.2, -0.15) is 0 Å². The van der Waals surface area contributed by atoms with Gasteiger partial charge in [0.1, 0.15) is 6.29 Å². The Balaban J connectivity index is 3.00. The third-order valence-corrected chi connectivity index (χ3v) is 3.26. The standard InChI is InChI=1S/C14H23NO2/c1-10(2)15(11(3)4)14(17)13-8-6-5-7-12(13)9-16/h9-11H,5-8H2,1-4H3. The van der Waals surface area contributed by atoms with E-state index in [9.17, 15) is 9.59 Å². The van der Waals surface area contributed by atoms with Crippen LogP contribution in [0.4, 0.5) is 0 Å². The molecule has 0 saturated heterocycles. The van der Waals surface area contributed by atoms with Crippen LogP contribution in [0.3, 0.4) is 0 Å². The monoisotopic (exact) mass is 237 g/mol. The smallest absolute Gasteiger partial charge is 0.250 e. The Morgan fingerprint density at radius 1 is 1.12 bits per heavy atom. The van der Waals surface area contributed by atoms with Gasteiger partial charge in [-0.3, -0.25) is 9.59 Å². The molecule has 0 heterocycles. The predicted octanol–water partition coefficient (Wildman–Crippen LogP) is 2.70. The first kappa shape index (κ1) is 13.9. The fraction of sp³-hybridized carbons (Fsp3) is 0.714. The van der Waals surface area contributed by atoms with Crippen molar-refractivity contribution in [1.29, 1.82) is 0 Å². The summed E-state index contributed by atoms with van der Waals surface area (Å²) in [6.07, 6.45) is 4.42. The van der Waals surface area contributed by atoms with Gasteiger partial charge in [-0.05, 0) is 53.4 Å². The highest BCUT2D eigenvalue weighted by Gasteiger charge is 2.26. The van der Waals surface area contributed by atoms with Gasteiger partial charge in [0, 0.05) is 23.2 Å². The average molecular weight is 237 g/mol. The zero-order chi connectivity index (χ0) is 13.0. The van der Waals surface area contributed by atoms with Crippen molar-refractivity contribution in [1.82, 2.24) is 4.90 Å². The van der Waals surface area contributed by atoms with E-state index in [1.165, 1.54) is 0 Å². The fourth-order valence-corrected chi connectivity index (χ4v) is 2.52. The number of amides is 1. The molecule has 0 spiro atoms. The average Bonchev–Trinajstić information content (AvgIpc) is 2.27. The van der Waals surface area contributed by atoms with E-state index < -0.39 is 0 Å². The summed E-state index contributed by atoms with van der Waals surface area (Å²) in [5, 5.41) is 0. The van der Waals surface area contributed by atoms with Gasteiger partial charge in [-0.25, -0.2) is 0 Å². The number of allylic oxidation sites excluding steroid dienone is 1. The van der Waals surface area contributed by atoms with Crippen LogP contribution in [0.15, 0.2) is 11.1 Å². The lowest BCUT2D eigenvalue weighted by atomic mass is 9.91. The maximum atomic E-state index is 12.5. The van der Waals surface area contributed by atoms with E-state index in [-0.39, 0.29) is 18.0 Å². The van der Waals surface area contributed by atoms with Crippen molar-refractivity contribution in [3.63, 3.8) is 0 Å². The van der Waals surface area contributed by atoms with E-state index in [1.54, 1.807) is 0 Å². The number of aldehydes is 1. The lowest BCUT2D eigenvalue weighted by molar-refractivity contribution is -0.131. The summed E-state index contributed by atoms with van der Waals surface area (Å²) < 4.78 is 0. The molecule has 3 nitrogen and oxygen atoms in total. The van der Waals surface area contributed by atoms with Crippen molar-refractivity contribution in [3.8, 4) is 0 Å². The van der Waals surface area contributed by atoms with Crippen molar-refractivity contribution in [2.45, 2.75) is 65.5 Å². The number of carbonyl (C=O) groups is 2. The maximum absolute atomic E-state index is 12.5. The van der Waals surface area contributed by atoms with Crippen LogP contribution in [0.1, 0.15) is 53.4 Å². The third-order valence-electron chi connectivity index (χ3n) is 3.26. The van der Waals surface area contributed by atoms with Gasteiger partial charge in [0.15, 0.2) is 0 Å². The van der Waals surface area contributed by atoms with Crippen molar-refractivity contribution >= 4 is 12.2 Å². The van der Waals surface area contributed by atoms with E-state index in [0.717, 1.165) is 37.5 Å². The predicted molar refractivity (Wildman–Crippen MR) is 68.7 cm³/mol. The second-order valence-electron chi connectivity index (χ2n) is 5.23. The van der Waals surface area contributed by atoms with E-state index in [1.807, 2.05) is 32.6 Å². The molecule has 1 aliphatic rings. The van der Waals surface area contributed by atoms with Crippen LogP contribution in [0.5, 0.6) is 0 Å². The molecule has 0 aromatic rings. The van der Waals surface area contributed by atoms with Gasteiger partial charge in [0.2, 0.25) is 0 Å². The van der Waals surface area contributed by atoms with Gasteiger partial charge < -0.3 is 4.90 Å². The van der Waals surface area contributed by atoms with Gasteiger partial charge in [-0.15, -0.1) is 0 Å². The summed E-state index contributed by atoms with van der Waals surface area (Å²) >= 11 is 0. The minimum absolute atomic E-state index is 0.0526. The Kier molecular flexibility index (Phi) is 4.91. The lowest BCUT2D eigenvalue weighted by Crippen LogP contribution is -2.43. The second kappa shape index (κ2) is 5.99. The molecule has 0 aromatic heterocycles. The van der Waals surface area contributed by atoms with Crippen LogP contribution < -0.4 is 0 Å². The van der Waals surface area contributed by atoms with Gasteiger partial charge in [0.05, 0.1) is 0 Å². The number of hydrogen-bond donors (Lipinski definition) is 0. The zero-order valence-corrected chi connectivity index (χ0v) is 11.3. The van der Waals surface area contributed by atoms with Crippen molar-refractivity contribution in [3.05, 3.63) is 11.1 Å². The molecule has 3 heteroatoms. The first-order chi connectivity index (χ1) is 7.99. The number of carbonyl (C=O) groups excluding carboxylic acids is 2. The Labute approximate surface area is 104 Å². The van der Waals surface area contributed by atoms with Crippen LogP contribution in [0.2, 0.25) is 0 Å². The lowest BCUT2D eigenvalue weighted by Gasteiger charge is -2.33. The summed E-state index contributed by atoms with van der Waals surface area (Å²) in [5.41, 5.74) is 1.46. The molecule has 0 saturated carbocycles. The number of rotatable bonds is 4. The third kappa shape index (κ3) is 3.18. The molecular formula is C14H23NO2. The molecule has 96 valence electrons. The van der Waals surface area contributed by atoms with E-state index in [4.69, 9.17) is 0 Å². The summed E-state index contributed by atoms with van der Waals surface area (Å²) in [4.78, 5) is 25.3. The largest absolute Gasteiger partial charge is 0.334 e. The van der Waals surface area contributed by atoms with Crippen LogP contribution in [0, 0.1) is 0 Å². The normalized spacial score (nSPS) is 16.6. The van der Waals surface area contributed by atoms with Gasteiger partial charge in [0.25, 0.3) is 5.91 Å². The molecule has 0 fully saturated rings. The molecular weight excluding hydrogens is 214 g/mol. The SMILES string of the molecule is CC(C)N(C(=O)C1=C(C=O)CCCC1)C(C)C. The summed E-state index contributed by atoms with van der Waals surface area (Å²) in [6, 6.07) is 0.342. The summed E-state index contributed by atoms with van der Waals surface area (Å²) in [5.74, 6) is 0.0526. The highest BCUT2D eigenvalue weighted by Crippen LogP contribution is 2.26. The molecule has 1 amide bonds. The fourth-order valence-electron chi connectivity index (χ4n) is 2.52. The molecule has 0 bridgehead atoms. The molecule has 1 aliphatic carbocycles. The minimum atomic E-state index is 0.0526. The topological polar surface area (TPSA) is 37.4 Å². The molecule has 0 atom stereocenters. The number of hydrogen-bond acceptors (Lipinski definition) is 2. The van der Waals surface area contributed by atoms with Crippen molar-refractivity contribution in [2.24, 2.45) is 0 Å². The quantitative estimate of drug-likeness (QED) is 0.705. The Hall–Kier alpha value is -1.12. The molecule has 0 N–H and O–H groups in total. The summed E-state index contributed by atoms with van der Waals surface area (Å²) in [6.45, 7) is 8.06. The van der Waals surface area contributed by atoms with Gasteiger partial charge >= 0.3 is 0 Å². The van der Waals surface area contributed by atoms with E-state index >= 15 is 0 Å². The Morgan fingerprint density at radius 2 is 1.65 bits per heavy atom. The van der Waals surface area contributed by atoms with E-state index in [2.05, 4.69) is 0 Å². The zero-order valence-electron chi connectivity index (χ0n) is 11.3. The molecule has 1 rings (SSSR count). The second-order valence-corrected chi connectivity index (χ2v) is 5.23. The Morgan fingerprint density at radius 3 is 2.12 bits per heavy atom. The minimum Gasteiger partial charge on any atom is -0.334 e. The molecule has 0 aromatic carbocycles. The highest BCUT2D eigenvalue weighted by molar-refractivity contribution is 5.99. The van der Waals surface area contributed by atoms with Crippen molar-refractivity contribution in [2.75, 3.05) is 0 Å². The van der Waals surface area contributed by atoms with Crippen LogP contribution in [-0.4, -0.2) is 29.2 Å². The number of nitrogens with zero attached hydrogens (tertiary/aromatic N) is 1. The van der Waals surface area contributed by atoms with Gasteiger partial charge in [-0.1, -0.05) is 0 Å². The van der Waals surface area contributed by atoms with Crippen molar-refractivity contribution < 1.29 is 9.59 Å². The molecule has 0 aliphatic heterocycles. The van der Waals surface area contributed by atoms with E-state index in [0.29, 0.717) is 5.57 Å².